The molecule has 3 nitrogen and oxygen atoms in total. The second kappa shape index (κ2) is 10.5. The van der Waals surface area contributed by atoms with E-state index in [9.17, 15) is 0 Å². The van der Waals surface area contributed by atoms with Crippen LogP contribution in [0.5, 0.6) is 0 Å². The second-order valence-electron chi connectivity index (χ2n) is 4.72. The Morgan fingerprint density at radius 3 is 2.41 bits per heavy atom. The minimum Gasteiger partial charge on any atom is -0.356 e. The van der Waals surface area contributed by atoms with Crippen molar-refractivity contribution in [2.45, 2.75) is 13.0 Å². The highest BCUT2D eigenvalue weighted by atomic mass is 127. The van der Waals surface area contributed by atoms with Gasteiger partial charge in [0.15, 0.2) is 5.96 Å². The van der Waals surface area contributed by atoms with E-state index < -0.39 is 0 Å². The lowest BCUT2D eigenvalue weighted by molar-refractivity contribution is 0.794. The SMILES string of the molecule is CN=C(NCCc1cccc(Cl)c1)NCc1ccccc1.I. The normalized spacial score (nSPS) is 10.7. The summed E-state index contributed by atoms with van der Waals surface area (Å²) in [6.07, 6.45) is 0.909. The first-order valence-corrected chi connectivity index (χ1v) is 7.38. The highest BCUT2D eigenvalue weighted by Gasteiger charge is 1.99. The number of rotatable bonds is 5. The number of nitrogens with one attached hydrogen (secondary N) is 2. The number of halogens is 2. The van der Waals surface area contributed by atoms with Gasteiger partial charge < -0.3 is 10.6 Å². The van der Waals surface area contributed by atoms with Crippen LogP contribution >= 0.6 is 35.6 Å². The first-order chi connectivity index (χ1) is 10.3. The zero-order valence-corrected chi connectivity index (χ0v) is 15.6. The molecule has 118 valence electrons. The molecule has 2 N–H and O–H groups in total. The molecule has 0 aliphatic heterocycles. The van der Waals surface area contributed by atoms with Gasteiger partial charge in [0.2, 0.25) is 0 Å². The van der Waals surface area contributed by atoms with Crippen LogP contribution in [0.25, 0.3) is 0 Å². The summed E-state index contributed by atoms with van der Waals surface area (Å²) in [5.74, 6) is 0.806. The maximum Gasteiger partial charge on any atom is 0.191 e. The van der Waals surface area contributed by atoms with Crippen molar-refractivity contribution in [2.75, 3.05) is 13.6 Å². The van der Waals surface area contributed by atoms with Crippen LogP contribution in [-0.2, 0) is 13.0 Å². The molecule has 0 aliphatic carbocycles. The predicted molar refractivity (Wildman–Crippen MR) is 105 cm³/mol. The van der Waals surface area contributed by atoms with Crippen molar-refractivity contribution in [3.63, 3.8) is 0 Å². The predicted octanol–water partition coefficient (Wildman–Crippen LogP) is 3.87. The number of aliphatic imine (C=N–C) groups is 1. The monoisotopic (exact) mass is 429 g/mol. The van der Waals surface area contributed by atoms with Crippen molar-refractivity contribution >= 4 is 41.5 Å². The van der Waals surface area contributed by atoms with Gasteiger partial charge in [-0.25, -0.2) is 0 Å². The summed E-state index contributed by atoms with van der Waals surface area (Å²) >= 11 is 5.97. The zero-order valence-electron chi connectivity index (χ0n) is 12.6. The van der Waals surface area contributed by atoms with E-state index in [0.29, 0.717) is 0 Å². The van der Waals surface area contributed by atoms with Crippen LogP contribution in [0.15, 0.2) is 59.6 Å². The van der Waals surface area contributed by atoms with Crippen molar-refractivity contribution in [1.29, 1.82) is 0 Å². The Bertz CT molecular complexity index is 587. The molecule has 0 heterocycles. The van der Waals surface area contributed by atoms with Crippen LogP contribution in [0, 0.1) is 0 Å². The molecule has 2 rings (SSSR count). The smallest absolute Gasteiger partial charge is 0.191 e. The van der Waals surface area contributed by atoms with E-state index in [1.165, 1.54) is 11.1 Å². The molecule has 0 amide bonds. The molecule has 2 aromatic carbocycles. The van der Waals surface area contributed by atoms with Crippen LogP contribution in [0.1, 0.15) is 11.1 Å². The fourth-order valence-electron chi connectivity index (χ4n) is 2.02. The molecular formula is C17H21ClIN3. The first kappa shape index (κ1) is 18.8. The molecule has 0 spiro atoms. The fourth-order valence-corrected chi connectivity index (χ4v) is 2.23. The number of benzene rings is 2. The average Bonchev–Trinajstić information content (AvgIpc) is 2.52. The third-order valence-electron chi connectivity index (χ3n) is 3.12. The fraction of sp³-hybridized carbons (Fsp3) is 0.235. The summed E-state index contributed by atoms with van der Waals surface area (Å²) < 4.78 is 0. The summed E-state index contributed by atoms with van der Waals surface area (Å²) in [5, 5.41) is 7.38. The van der Waals surface area contributed by atoms with Crippen LogP contribution in [-0.4, -0.2) is 19.6 Å². The van der Waals surface area contributed by atoms with E-state index in [0.717, 1.165) is 30.5 Å². The molecule has 22 heavy (non-hydrogen) atoms. The van der Waals surface area contributed by atoms with E-state index in [2.05, 4.69) is 33.8 Å². The maximum absolute atomic E-state index is 5.97. The molecule has 0 unspecified atom stereocenters. The Labute approximate surface area is 154 Å². The molecule has 0 saturated carbocycles. The van der Waals surface area contributed by atoms with Gasteiger partial charge in [0.1, 0.15) is 0 Å². The van der Waals surface area contributed by atoms with E-state index in [1.54, 1.807) is 7.05 Å². The van der Waals surface area contributed by atoms with Gasteiger partial charge >= 0.3 is 0 Å². The highest BCUT2D eigenvalue weighted by molar-refractivity contribution is 14.0. The number of nitrogens with zero attached hydrogens (tertiary/aromatic N) is 1. The van der Waals surface area contributed by atoms with E-state index >= 15 is 0 Å². The van der Waals surface area contributed by atoms with Crippen molar-refractivity contribution in [2.24, 2.45) is 4.99 Å². The van der Waals surface area contributed by atoms with Gasteiger partial charge in [-0.3, -0.25) is 4.99 Å². The first-order valence-electron chi connectivity index (χ1n) is 7.01. The molecule has 0 saturated heterocycles. The molecule has 0 aliphatic rings. The lowest BCUT2D eigenvalue weighted by atomic mass is 10.1. The number of hydrogen-bond donors (Lipinski definition) is 2. The van der Waals surface area contributed by atoms with Gasteiger partial charge in [-0.2, -0.15) is 0 Å². The quantitative estimate of drug-likeness (QED) is 0.430. The lowest BCUT2D eigenvalue weighted by Crippen LogP contribution is -2.37. The molecule has 0 bridgehead atoms. The van der Waals surface area contributed by atoms with Crippen LogP contribution in [0.3, 0.4) is 0 Å². The van der Waals surface area contributed by atoms with E-state index in [-0.39, 0.29) is 24.0 Å². The summed E-state index contributed by atoms with van der Waals surface area (Å²) in [4.78, 5) is 4.22. The van der Waals surface area contributed by atoms with E-state index in [4.69, 9.17) is 11.6 Å². The Morgan fingerprint density at radius 2 is 1.73 bits per heavy atom. The molecule has 0 fully saturated rings. The van der Waals surface area contributed by atoms with Crippen molar-refractivity contribution < 1.29 is 0 Å². The Morgan fingerprint density at radius 1 is 1.00 bits per heavy atom. The van der Waals surface area contributed by atoms with Crippen molar-refractivity contribution in [1.82, 2.24) is 10.6 Å². The molecule has 2 aromatic rings. The zero-order chi connectivity index (χ0) is 14.9. The minimum atomic E-state index is 0. The van der Waals surface area contributed by atoms with Gasteiger partial charge in [0, 0.05) is 25.2 Å². The van der Waals surface area contributed by atoms with Gasteiger partial charge in [-0.05, 0) is 29.7 Å². The average molecular weight is 430 g/mol. The van der Waals surface area contributed by atoms with Crippen LogP contribution < -0.4 is 10.6 Å². The molecule has 0 atom stereocenters. The van der Waals surface area contributed by atoms with Crippen molar-refractivity contribution in [3.05, 3.63) is 70.7 Å². The largest absolute Gasteiger partial charge is 0.356 e. The Hall–Kier alpha value is -1.27. The van der Waals surface area contributed by atoms with Crippen LogP contribution in [0.2, 0.25) is 5.02 Å². The third-order valence-corrected chi connectivity index (χ3v) is 3.36. The summed E-state index contributed by atoms with van der Waals surface area (Å²) in [6, 6.07) is 18.2. The standard InChI is InChI=1S/C17H20ClN3.HI/c1-19-17(21-13-15-6-3-2-4-7-15)20-11-10-14-8-5-9-16(18)12-14;/h2-9,12H,10-11,13H2,1H3,(H2,19,20,21);1H. The van der Waals surface area contributed by atoms with Gasteiger partial charge in [-0.1, -0.05) is 54.1 Å². The number of hydrogen-bond acceptors (Lipinski definition) is 1. The Kier molecular flexibility index (Phi) is 8.92. The summed E-state index contributed by atoms with van der Waals surface area (Å²) in [7, 11) is 1.78. The molecule has 5 heteroatoms. The van der Waals surface area contributed by atoms with Gasteiger partial charge in [0.05, 0.1) is 0 Å². The van der Waals surface area contributed by atoms with E-state index in [1.807, 2.05) is 36.4 Å². The minimum absolute atomic E-state index is 0. The maximum atomic E-state index is 5.97. The second-order valence-corrected chi connectivity index (χ2v) is 5.15. The van der Waals surface area contributed by atoms with Gasteiger partial charge in [-0.15, -0.1) is 24.0 Å². The highest BCUT2D eigenvalue weighted by Crippen LogP contribution is 2.10. The topological polar surface area (TPSA) is 36.4 Å². The van der Waals surface area contributed by atoms with Crippen molar-refractivity contribution in [3.8, 4) is 0 Å². The molecule has 0 radical (unpaired) electrons. The molecule has 0 aromatic heterocycles. The Balaban J connectivity index is 0.00000242. The molecular weight excluding hydrogens is 409 g/mol. The number of guanidine groups is 1. The lowest BCUT2D eigenvalue weighted by Gasteiger charge is -2.12. The summed E-state index contributed by atoms with van der Waals surface area (Å²) in [5.41, 5.74) is 2.45. The third kappa shape index (κ3) is 6.66. The van der Waals surface area contributed by atoms with Crippen LogP contribution in [0.4, 0.5) is 0 Å². The van der Waals surface area contributed by atoms with Gasteiger partial charge in [0.25, 0.3) is 0 Å². The summed E-state index contributed by atoms with van der Waals surface area (Å²) in [6.45, 7) is 1.58.